The van der Waals surface area contributed by atoms with Gasteiger partial charge in [-0.2, -0.15) is 0 Å². The molecule has 1 aliphatic rings. The van der Waals surface area contributed by atoms with Gasteiger partial charge >= 0.3 is 0 Å². The van der Waals surface area contributed by atoms with Gasteiger partial charge in [0.1, 0.15) is 0 Å². The van der Waals surface area contributed by atoms with Crippen LogP contribution in [0.2, 0.25) is 0 Å². The van der Waals surface area contributed by atoms with E-state index in [4.69, 9.17) is 5.84 Å². The van der Waals surface area contributed by atoms with Crippen LogP contribution in [0, 0.1) is 10.1 Å². The molecule has 1 aliphatic carbocycles. The minimum atomic E-state index is -3.89. The lowest BCUT2D eigenvalue weighted by Crippen LogP contribution is -2.26. The summed E-state index contributed by atoms with van der Waals surface area (Å²) in [5, 5.41) is 10.8. The second-order valence-electron chi connectivity index (χ2n) is 3.98. The van der Waals surface area contributed by atoms with Crippen molar-refractivity contribution in [1.29, 1.82) is 0 Å². The fourth-order valence-electron chi connectivity index (χ4n) is 1.45. The van der Waals surface area contributed by atoms with E-state index in [-0.39, 0.29) is 16.6 Å². The number of nitro groups is 1. The van der Waals surface area contributed by atoms with E-state index in [1.807, 2.05) is 0 Å². The fourth-order valence-corrected chi connectivity index (χ4v) is 2.96. The maximum atomic E-state index is 12.0. The van der Waals surface area contributed by atoms with Gasteiger partial charge in [-0.25, -0.2) is 13.1 Å². The summed E-state index contributed by atoms with van der Waals surface area (Å²) in [5.41, 5.74) is 2.08. The number of nitrogen functional groups attached to an aromatic ring is 1. The molecule has 0 aliphatic heterocycles. The average Bonchev–Trinajstić information content (AvgIpc) is 3.11. The van der Waals surface area contributed by atoms with Gasteiger partial charge in [-0.1, -0.05) is 0 Å². The Morgan fingerprint density at radius 2 is 2.06 bits per heavy atom. The molecular formula is C9H12N4O4S. The van der Waals surface area contributed by atoms with Crippen molar-refractivity contribution in [1.82, 2.24) is 4.72 Å². The maximum absolute atomic E-state index is 12.0. The van der Waals surface area contributed by atoms with E-state index >= 15 is 0 Å². The number of benzene rings is 1. The quantitative estimate of drug-likeness (QED) is 0.402. The van der Waals surface area contributed by atoms with Crippen molar-refractivity contribution in [2.75, 3.05) is 5.43 Å². The molecule has 9 heteroatoms. The van der Waals surface area contributed by atoms with Crippen molar-refractivity contribution < 1.29 is 13.3 Å². The Bertz CT molecular complexity index is 582. The number of nitrogens with two attached hydrogens (primary N) is 1. The van der Waals surface area contributed by atoms with Crippen molar-refractivity contribution in [2.24, 2.45) is 5.84 Å². The normalized spacial score (nSPS) is 15.4. The predicted octanol–water partition coefficient (Wildman–Crippen LogP) is 0.321. The molecule has 0 radical (unpaired) electrons. The molecule has 1 aromatic rings. The zero-order chi connectivity index (χ0) is 13.3. The third-order valence-electron chi connectivity index (χ3n) is 2.51. The van der Waals surface area contributed by atoms with Gasteiger partial charge in [0.2, 0.25) is 10.0 Å². The van der Waals surface area contributed by atoms with Gasteiger partial charge < -0.3 is 5.43 Å². The number of anilines is 1. The summed E-state index contributed by atoms with van der Waals surface area (Å²) in [5.74, 6) is 5.17. The molecule has 18 heavy (non-hydrogen) atoms. The summed E-state index contributed by atoms with van der Waals surface area (Å²) in [6.45, 7) is 0. The summed E-state index contributed by atoms with van der Waals surface area (Å²) >= 11 is 0. The monoisotopic (exact) mass is 272 g/mol. The first-order chi connectivity index (χ1) is 8.44. The Labute approximate surface area is 103 Å². The van der Waals surface area contributed by atoms with Gasteiger partial charge in [0.15, 0.2) is 4.90 Å². The van der Waals surface area contributed by atoms with Crippen molar-refractivity contribution in [3.63, 3.8) is 0 Å². The lowest BCUT2D eigenvalue weighted by atomic mass is 10.3. The number of rotatable bonds is 5. The molecule has 1 saturated carbocycles. The van der Waals surface area contributed by atoms with Crippen LogP contribution in [0.3, 0.4) is 0 Å². The highest BCUT2D eigenvalue weighted by Gasteiger charge is 2.32. The molecule has 8 nitrogen and oxygen atoms in total. The summed E-state index contributed by atoms with van der Waals surface area (Å²) in [6.07, 6.45) is 1.50. The van der Waals surface area contributed by atoms with Crippen LogP contribution in [0.25, 0.3) is 0 Å². The second kappa shape index (κ2) is 4.52. The first-order valence-corrected chi connectivity index (χ1v) is 6.70. The Morgan fingerprint density at radius 3 is 2.56 bits per heavy atom. The van der Waals surface area contributed by atoms with Gasteiger partial charge in [-0.3, -0.25) is 16.0 Å². The summed E-state index contributed by atoms with van der Waals surface area (Å²) in [6, 6.07) is 3.47. The number of hydrogen-bond acceptors (Lipinski definition) is 6. The van der Waals surface area contributed by atoms with Crippen molar-refractivity contribution >= 4 is 21.4 Å². The second-order valence-corrected chi connectivity index (χ2v) is 5.66. The molecule has 98 valence electrons. The zero-order valence-electron chi connectivity index (χ0n) is 9.29. The van der Waals surface area contributed by atoms with Crippen molar-refractivity contribution in [3.8, 4) is 0 Å². The Hall–Kier alpha value is -1.71. The summed E-state index contributed by atoms with van der Waals surface area (Å²) in [7, 11) is -3.89. The minimum Gasteiger partial charge on any atom is -0.324 e. The Morgan fingerprint density at radius 1 is 1.39 bits per heavy atom. The van der Waals surface area contributed by atoms with Crippen LogP contribution in [0.1, 0.15) is 12.8 Å². The first kappa shape index (κ1) is 12.7. The number of nitro benzene ring substituents is 1. The number of hydrazine groups is 1. The summed E-state index contributed by atoms with van der Waals surface area (Å²) in [4.78, 5) is 9.72. The average molecular weight is 272 g/mol. The SMILES string of the molecule is NNc1ccc([N+](=O)[O-])c(S(=O)(=O)NC2CC2)c1. The maximum Gasteiger partial charge on any atom is 0.289 e. The van der Waals surface area contributed by atoms with E-state index in [0.29, 0.717) is 0 Å². The molecule has 1 fully saturated rings. The zero-order valence-corrected chi connectivity index (χ0v) is 10.1. The topological polar surface area (TPSA) is 127 Å². The lowest BCUT2D eigenvalue weighted by molar-refractivity contribution is -0.387. The highest BCUT2D eigenvalue weighted by Crippen LogP contribution is 2.29. The van der Waals surface area contributed by atoms with Gasteiger partial charge in [-0.15, -0.1) is 0 Å². The molecule has 0 spiro atoms. The van der Waals surface area contributed by atoms with Crippen LogP contribution >= 0.6 is 0 Å². The molecule has 0 atom stereocenters. The molecule has 0 saturated heterocycles. The van der Waals surface area contributed by atoms with E-state index in [2.05, 4.69) is 10.1 Å². The van der Waals surface area contributed by atoms with E-state index in [1.54, 1.807) is 0 Å². The minimum absolute atomic E-state index is 0.121. The molecule has 0 aromatic heterocycles. The largest absolute Gasteiger partial charge is 0.324 e. The highest BCUT2D eigenvalue weighted by atomic mass is 32.2. The molecule has 0 unspecified atom stereocenters. The van der Waals surface area contributed by atoms with Crippen LogP contribution < -0.4 is 16.0 Å². The molecule has 0 amide bonds. The Balaban J connectivity index is 2.48. The molecule has 0 heterocycles. The van der Waals surface area contributed by atoms with Gasteiger partial charge in [0.25, 0.3) is 5.69 Å². The number of nitrogens with zero attached hydrogens (tertiary/aromatic N) is 1. The molecule has 4 N–H and O–H groups in total. The highest BCUT2D eigenvalue weighted by molar-refractivity contribution is 7.89. The first-order valence-electron chi connectivity index (χ1n) is 5.21. The van der Waals surface area contributed by atoms with E-state index in [9.17, 15) is 18.5 Å². The third-order valence-corrected chi connectivity index (χ3v) is 4.06. The molecule has 0 bridgehead atoms. The van der Waals surface area contributed by atoms with E-state index < -0.39 is 20.6 Å². The van der Waals surface area contributed by atoms with Gasteiger partial charge in [0, 0.05) is 12.1 Å². The number of sulfonamides is 1. The van der Waals surface area contributed by atoms with Crippen LogP contribution in [0.15, 0.2) is 23.1 Å². The predicted molar refractivity (Wildman–Crippen MR) is 64.3 cm³/mol. The van der Waals surface area contributed by atoms with Crippen LogP contribution in [-0.2, 0) is 10.0 Å². The molecule has 1 aromatic carbocycles. The molecular weight excluding hydrogens is 260 g/mol. The van der Waals surface area contributed by atoms with Crippen LogP contribution in [-0.4, -0.2) is 19.4 Å². The van der Waals surface area contributed by atoms with E-state index in [0.717, 1.165) is 25.0 Å². The van der Waals surface area contributed by atoms with Gasteiger partial charge in [-0.05, 0) is 25.0 Å². The van der Waals surface area contributed by atoms with Crippen molar-refractivity contribution in [2.45, 2.75) is 23.8 Å². The van der Waals surface area contributed by atoms with Crippen LogP contribution in [0.5, 0.6) is 0 Å². The third kappa shape index (κ3) is 2.58. The molecule has 2 rings (SSSR count). The van der Waals surface area contributed by atoms with E-state index in [1.165, 1.54) is 6.07 Å². The smallest absolute Gasteiger partial charge is 0.289 e. The fraction of sp³-hybridized carbons (Fsp3) is 0.333. The lowest BCUT2D eigenvalue weighted by Gasteiger charge is -2.08. The summed E-state index contributed by atoms with van der Waals surface area (Å²) < 4.78 is 26.4. The van der Waals surface area contributed by atoms with Crippen LogP contribution in [0.4, 0.5) is 11.4 Å². The number of hydrogen-bond donors (Lipinski definition) is 3. The number of nitrogens with one attached hydrogen (secondary N) is 2. The van der Waals surface area contributed by atoms with Crippen molar-refractivity contribution in [3.05, 3.63) is 28.3 Å². The van der Waals surface area contributed by atoms with Gasteiger partial charge in [0.05, 0.1) is 10.6 Å². The standard InChI is InChI=1S/C9H12N4O4S/c10-11-7-3-4-8(13(14)15)9(5-7)18(16,17)12-6-1-2-6/h3-6,11-12H,1-2,10H2. The Kier molecular flexibility index (Phi) is 3.20.